The maximum Gasteiger partial charge on any atom is 0.472 e. The van der Waals surface area contributed by atoms with Crippen molar-refractivity contribution in [2.24, 2.45) is 0 Å². The number of nitrogen functional groups attached to an aromatic ring is 2. The number of aromatic nitrogens is 8. The molecule has 0 amide bonds. The van der Waals surface area contributed by atoms with Crippen LogP contribution < -0.4 is 17.0 Å². The summed E-state index contributed by atoms with van der Waals surface area (Å²) in [6, 6.07) is 0. The Morgan fingerprint density at radius 2 is 1.59 bits per heavy atom. The molecule has 0 aliphatic carbocycles. The minimum absolute atomic E-state index is 0.0654. The summed E-state index contributed by atoms with van der Waals surface area (Å²) in [5.41, 5.74) is 11.2. The third-order valence-corrected chi connectivity index (χ3v) is 9.24. The van der Waals surface area contributed by atoms with Crippen molar-refractivity contribution in [3.8, 4) is 0 Å². The average molecular weight is 658 g/mol. The molecule has 3 saturated heterocycles. The molecule has 44 heavy (non-hydrogen) atoms. The van der Waals surface area contributed by atoms with Gasteiger partial charge in [-0.15, -0.1) is 0 Å². The number of aliphatic hydroxyl groups excluding tert-OH is 1. The molecular weight excluding hydrogens is 634 g/mol. The first-order valence-electron chi connectivity index (χ1n) is 12.8. The van der Waals surface area contributed by atoms with Crippen molar-refractivity contribution in [1.82, 2.24) is 39.0 Å². The van der Waals surface area contributed by atoms with Crippen molar-refractivity contribution in [3.05, 3.63) is 29.3 Å². The molecule has 4 aromatic heterocycles. The fraction of sp³-hybridized carbons (Fsp3) is 0.500. The lowest BCUT2D eigenvalue weighted by Gasteiger charge is -2.25. The molecule has 3 fully saturated rings. The third kappa shape index (κ3) is 5.18. The summed E-state index contributed by atoms with van der Waals surface area (Å²) in [6.45, 7) is -1.40. The molecule has 3 aliphatic rings. The highest BCUT2D eigenvalue weighted by Gasteiger charge is 2.52. The Kier molecular flexibility index (Phi) is 7.06. The topological polar surface area (TPSA) is 309 Å². The molecule has 0 saturated carbocycles. The molecular formula is C20H24N10O12P2. The van der Waals surface area contributed by atoms with Gasteiger partial charge in [-0.05, 0) is 0 Å². The summed E-state index contributed by atoms with van der Waals surface area (Å²) < 4.78 is 61.7. The van der Waals surface area contributed by atoms with Gasteiger partial charge in [0.15, 0.2) is 28.9 Å². The number of nitrogens with zero attached hydrogens (tertiary/aromatic N) is 7. The van der Waals surface area contributed by atoms with E-state index in [0.717, 1.165) is 10.9 Å². The zero-order chi connectivity index (χ0) is 31.0. The number of phosphoric acid groups is 2. The second kappa shape index (κ2) is 10.6. The lowest BCUT2D eigenvalue weighted by molar-refractivity contribution is -0.0670. The Morgan fingerprint density at radius 1 is 0.886 bits per heavy atom. The fourth-order valence-corrected chi connectivity index (χ4v) is 7.15. The molecule has 8 N–H and O–H groups in total. The number of hydrogen-bond acceptors (Lipinski definition) is 17. The highest BCUT2D eigenvalue weighted by atomic mass is 31.2. The predicted octanol–water partition coefficient (Wildman–Crippen LogP) is -1.31. The molecule has 2 bridgehead atoms. The summed E-state index contributed by atoms with van der Waals surface area (Å²) in [5.74, 6) is -0.145. The number of rotatable bonds is 2. The monoisotopic (exact) mass is 658 g/mol. The standard InChI is InChI=1S/C20H24N10O12P2/c21-15-11-16(24-4-23-15)29(5-25-11)10-1-7-8(39-10)2-37-44(35,36)42-14-13(31)9(3-38-43(33,34)41-7)40-19(14)30-6-26-12-17(30)27-20(22)28-18(12)32/h4-10,13-14,19,31H,1-3H2,(H,33,34)(H,35,36)(H2,21,23,24)(H3,22,27,28,32)/t7?,8-,9-,10-,13?,14?,19-/m1/s1. The molecule has 7 heterocycles. The number of nitrogens with two attached hydrogens (primary N) is 2. The minimum atomic E-state index is -5.01. The number of ether oxygens (including phenoxy) is 2. The van der Waals surface area contributed by atoms with Gasteiger partial charge < -0.3 is 35.8 Å². The fourth-order valence-electron chi connectivity index (χ4n) is 5.26. The Bertz CT molecular complexity index is 1900. The maximum absolute atomic E-state index is 13.2. The molecule has 236 valence electrons. The van der Waals surface area contributed by atoms with Crippen molar-refractivity contribution in [3.63, 3.8) is 0 Å². The van der Waals surface area contributed by atoms with E-state index in [1.54, 1.807) is 0 Å². The zero-order valence-electron chi connectivity index (χ0n) is 22.1. The first-order valence-corrected chi connectivity index (χ1v) is 15.8. The highest BCUT2D eigenvalue weighted by molar-refractivity contribution is 7.47. The number of fused-ring (bicyclic) bond motifs is 5. The zero-order valence-corrected chi connectivity index (χ0v) is 23.9. The van der Waals surface area contributed by atoms with Crippen molar-refractivity contribution >= 4 is 49.7 Å². The SMILES string of the molecule is Nc1nc2c(ncn2[C@@H]2O[C@@H]3COP(=O)(O)OC4C[C@H](n5cnc6c(N)ncnc65)O[C@@H]4COP(=O)(O)OC2C3O)c(=O)[nH]1. The second-order valence-electron chi connectivity index (χ2n) is 10.0. The molecule has 24 heteroatoms. The van der Waals surface area contributed by atoms with Crippen LogP contribution in [0.4, 0.5) is 11.8 Å². The van der Waals surface area contributed by atoms with Crippen LogP contribution in [0.2, 0.25) is 0 Å². The van der Waals surface area contributed by atoms with Crippen LogP contribution >= 0.6 is 15.6 Å². The van der Waals surface area contributed by atoms with Crippen LogP contribution in [0.25, 0.3) is 22.3 Å². The van der Waals surface area contributed by atoms with Gasteiger partial charge in [0, 0.05) is 6.42 Å². The number of nitrogens with one attached hydrogen (secondary N) is 1. The third-order valence-electron chi connectivity index (χ3n) is 7.24. The van der Waals surface area contributed by atoms with Gasteiger partial charge in [0.2, 0.25) is 5.95 Å². The van der Waals surface area contributed by atoms with E-state index in [0.29, 0.717) is 5.65 Å². The summed E-state index contributed by atoms with van der Waals surface area (Å²) in [4.78, 5) is 56.0. The van der Waals surface area contributed by atoms with Crippen LogP contribution in [0, 0.1) is 0 Å². The maximum atomic E-state index is 13.2. The Labute approximate surface area is 244 Å². The lowest BCUT2D eigenvalue weighted by atomic mass is 10.1. The highest BCUT2D eigenvalue weighted by Crippen LogP contribution is 2.53. The molecule has 4 aromatic rings. The van der Waals surface area contributed by atoms with Gasteiger partial charge in [0.25, 0.3) is 5.56 Å². The van der Waals surface area contributed by atoms with Crippen molar-refractivity contribution in [2.45, 2.75) is 49.4 Å². The Balaban J connectivity index is 1.19. The van der Waals surface area contributed by atoms with Crippen molar-refractivity contribution in [2.75, 3.05) is 24.7 Å². The van der Waals surface area contributed by atoms with Crippen molar-refractivity contribution < 1.29 is 51.6 Å². The van der Waals surface area contributed by atoms with Gasteiger partial charge in [-0.25, -0.2) is 29.1 Å². The summed E-state index contributed by atoms with van der Waals surface area (Å²) >= 11 is 0. The van der Waals surface area contributed by atoms with Gasteiger partial charge in [-0.1, -0.05) is 0 Å². The van der Waals surface area contributed by atoms with E-state index >= 15 is 0 Å². The van der Waals surface area contributed by atoms with Gasteiger partial charge in [-0.3, -0.25) is 37.0 Å². The first-order chi connectivity index (χ1) is 20.9. The lowest BCUT2D eigenvalue weighted by Crippen LogP contribution is -2.35. The molecule has 5 unspecified atom stereocenters. The Hall–Kier alpha value is -3.40. The first kappa shape index (κ1) is 29.3. The van der Waals surface area contributed by atoms with Crippen LogP contribution in [-0.4, -0.2) is 97.7 Å². The van der Waals surface area contributed by atoms with Crippen LogP contribution in [0.5, 0.6) is 0 Å². The van der Waals surface area contributed by atoms with Gasteiger partial charge >= 0.3 is 15.6 Å². The number of imidazole rings is 2. The number of aliphatic hydroxyl groups is 1. The average Bonchev–Trinajstić information content (AvgIpc) is 3.72. The predicted molar refractivity (Wildman–Crippen MR) is 142 cm³/mol. The molecule has 0 radical (unpaired) electrons. The number of phosphoric ester groups is 2. The van der Waals surface area contributed by atoms with Crippen LogP contribution in [0.1, 0.15) is 18.9 Å². The molecule has 9 atom stereocenters. The molecule has 3 aliphatic heterocycles. The Morgan fingerprint density at radius 3 is 2.39 bits per heavy atom. The van der Waals surface area contributed by atoms with Gasteiger partial charge in [0.05, 0.1) is 25.9 Å². The van der Waals surface area contributed by atoms with Gasteiger partial charge in [-0.2, -0.15) is 4.98 Å². The number of H-pyrrole nitrogens is 1. The van der Waals surface area contributed by atoms with E-state index in [1.165, 1.54) is 17.2 Å². The van der Waals surface area contributed by atoms with Crippen LogP contribution in [0.3, 0.4) is 0 Å². The van der Waals surface area contributed by atoms with E-state index in [-0.39, 0.29) is 34.9 Å². The van der Waals surface area contributed by atoms with Crippen molar-refractivity contribution in [1.29, 1.82) is 0 Å². The number of hydrogen-bond donors (Lipinski definition) is 6. The van der Waals surface area contributed by atoms with Crippen LogP contribution in [-0.2, 0) is 36.7 Å². The molecule has 0 spiro atoms. The van der Waals surface area contributed by atoms with E-state index in [1.807, 2.05) is 0 Å². The van der Waals surface area contributed by atoms with E-state index < -0.39 is 77.4 Å². The molecule has 22 nitrogen and oxygen atoms in total. The number of anilines is 2. The molecule has 0 aromatic carbocycles. The largest absolute Gasteiger partial charge is 0.472 e. The summed E-state index contributed by atoms with van der Waals surface area (Å²) in [5, 5.41) is 11.0. The molecule has 7 rings (SSSR count). The van der Waals surface area contributed by atoms with E-state index in [2.05, 4.69) is 29.9 Å². The van der Waals surface area contributed by atoms with E-state index in [4.69, 9.17) is 39.0 Å². The van der Waals surface area contributed by atoms with Gasteiger partial charge in [0.1, 0.15) is 48.6 Å². The van der Waals surface area contributed by atoms with E-state index in [9.17, 15) is 28.8 Å². The second-order valence-corrected chi connectivity index (χ2v) is 12.8. The minimum Gasteiger partial charge on any atom is -0.387 e. The number of aromatic amines is 1. The summed E-state index contributed by atoms with van der Waals surface area (Å²) in [6.07, 6.45) is -5.86. The quantitative estimate of drug-likeness (QED) is 0.136. The smallest absolute Gasteiger partial charge is 0.387 e. The summed E-state index contributed by atoms with van der Waals surface area (Å²) in [7, 11) is -9.88. The normalized spacial score (nSPS) is 36.6. The van der Waals surface area contributed by atoms with Crippen LogP contribution in [0.15, 0.2) is 23.8 Å².